The Balaban J connectivity index is 0.00000441. The van der Waals surface area contributed by atoms with Crippen LogP contribution >= 0.6 is 24.0 Å². The molecule has 0 aliphatic rings. The molecule has 6 heteroatoms. The van der Waals surface area contributed by atoms with Crippen molar-refractivity contribution in [3.05, 3.63) is 29.6 Å². The van der Waals surface area contributed by atoms with Gasteiger partial charge in [0, 0.05) is 12.6 Å². The Morgan fingerprint density at radius 3 is 2.50 bits per heavy atom. The fourth-order valence-electron chi connectivity index (χ4n) is 1.68. The van der Waals surface area contributed by atoms with Crippen molar-refractivity contribution >= 4 is 29.9 Å². The molecule has 0 amide bonds. The minimum absolute atomic E-state index is 0. The minimum Gasteiger partial charge on any atom is -0.494 e. The molecule has 2 N–H and O–H groups in total. The summed E-state index contributed by atoms with van der Waals surface area (Å²) in [6, 6.07) is 5.21. The Morgan fingerprint density at radius 1 is 1.32 bits per heavy atom. The summed E-state index contributed by atoms with van der Waals surface area (Å²) in [6.07, 6.45) is 0. The topological polar surface area (TPSA) is 45.7 Å². The molecule has 1 unspecified atom stereocenters. The molecule has 0 aliphatic carbocycles. The van der Waals surface area contributed by atoms with Gasteiger partial charge >= 0.3 is 0 Å². The van der Waals surface area contributed by atoms with E-state index in [1.165, 1.54) is 13.2 Å². The van der Waals surface area contributed by atoms with Crippen LogP contribution in [0, 0.1) is 11.7 Å². The number of guanidine groups is 1. The highest BCUT2D eigenvalue weighted by Crippen LogP contribution is 2.18. The van der Waals surface area contributed by atoms with Gasteiger partial charge in [-0.1, -0.05) is 19.9 Å². The van der Waals surface area contributed by atoms with Gasteiger partial charge in [-0.3, -0.25) is 0 Å². The fraction of sp³-hybridized carbons (Fsp3) is 0.562. The van der Waals surface area contributed by atoms with E-state index >= 15 is 0 Å². The summed E-state index contributed by atoms with van der Waals surface area (Å²) in [6.45, 7) is 9.64. The Hall–Kier alpha value is -1.05. The van der Waals surface area contributed by atoms with E-state index in [0.717, 1.165) is 18.1 Å². The SMILES string of the molecule is CCNC(=NCc1ccc(OC)c(F)c1)NC(C)C(C)C.I. The zero-order valence-corrected chi connectivity index (χ0v) is 16.3. The Labute approximate surface area is 149 Å². The molecule has 1 aromatic rings. The third-order valence-corrected chi connectivity index (χ3v) is 3.34. The maximum Gasteiger partial charge on any atom is 0.191 e. The van der Waals surface area contributed by atoms with Gasteiger partial charge in [-0.2, -0.15) is 0 Å². The van der Waals surface area contributed by atoms with Crippen molar-refractivity contribution in [1.82, 2.24) is 10.6 Å². The van der Waals surface area contributed by atoms with E-state index in [4.69, 9.17) is 4.74 Å². The highest BCUT2D eigenvalue weighted by Gasteiger charge is 2.09. The maximum atomic E-state index is 13.6. The van der Waals surface area contributed by atoms with E-state index in [2.05, 4.69) is 36.4 Å². The van der Waals surface area contributed by atoms with Crippen LogP contribution in [0.3, 0.4) is 0 Å². The van der Waals surface area contributed by atoms with Gasteiger partial charge in [0.25, 0.3) is 0 Å². The highest BCUT2D eigenvalue weighted by molar-refractivity contribution is 14.0. The molecule has 1 rings (SSSR count). The predicted octanol–water partition coefficient (Wildman–Crippen LogP) is 3.55. The molecule has 0 saturated heterocycles. The van der Waals surface area contributed by atoms with Crippen LogP contribution in [0.4, 0.5) is 4.39 Å². The van der Waals surface area contributed by atoms with Crippen molar-refractivity contribution in [2.24, 2.45) is 10.9 Å². The average molecular weight is 423 g/mol. The summed E-state index contributed by atoms with van der Waals surface area (Å²) in [7, 11) is 1.46. The number of nitrogens with one attached hydrogen (secondary N) is 2. The van der Waals surface area contributed by atoms with Crippen molar-refractivity contribution in [3.63, 3.8) is 0 Å². The van der Waals surface area contributed by atoms with E-state index in [9.17, 15) is 4.39 Å². The number of halogens is 2. The largest absolute Gasteiger partial charge is 0.494 e. The van der Waals surface area contributed by atoms with Gasteiger partial charge in [0.15, 0.2) is 17.5 Å². The zero-order chi connectivity index (χ0) is 15.8. The standard InChI is InChI=1S/C16H26FN3O.HI/c1-6-18-16(20-12(4)11(2)3)19-10-13-7-8-15(21-5)14(17)9-13;/h7-9,11-12H,6,10H2,1-5H3,(H2,18,19,20);1H. The quantitative estimate of drug-likeness (QED) is 0.418. The van der Waals surface area contributed by atoms with Gasteiger partial charge in [-0.05, 0) is 37.5 Å². The van der Waals surface area contributed by atoms with Gasteiger partial charge in [0.2, 0.25) is 0 Å². The number of nitrogens with zero attached hydrogens (tertiary/aromatic N) is 1. The van der Waals surface area contributed by atoms with Crippen LogP contribution < -0.4 is 15.4 Å². The van der Waals surface area contributed by atoms with Crippen LogP contribution in [0.2, 0.25) is 0 Å². The lowest BCUT2D eigenvalue weighted by atomic mass is 10.1. The lowest BCUT2D eigenvalue weighted by Crippen LogP contribution is -2.44. The second-order valence-corrected chi connectivity index (χ2v) is 5.34. The minimum atomic E-state index is -0.362. The van der Waals surface area contributed by atoms with Crippen LogP contribution in [0.1, 0.15) is 33.3 Å². The first-order valence-electron chi connectivity index (χ1n) is 7.35. The molecular formula is C16H27FIN3O. The van der Waals surface area contributed by atoms with Crippen LogP contribution in [-0.4, -0.2) is 25.7 Å². The Kier molecular flexibility index (Phi) is 10.1. The molecule has 0 radical (unpaired) electrons. The lowest BCUT2D eigenvalue weighted by Gasteiger charge is -2.20. The summed E-state index contributed by atoms with van der Waals surface area (Å²) < 4.78 is 18.5. The zero-order valence-electron chi connectivity index (χ0n) is 13.9. The number of ether oxygens (including phenoxy) is 1. The van der Waals surface area contributed by atoms with Crippen molar-refractivity contribution in [1.29, 1.82) is 0 Å². The molecule has 0 aliphatic heterocycles. The van der Waals surface area contributed by atoms with Gasteiger partial charge < -0.3 is 15.4 Å². The van der Waals surface area contributed by atoms with E-state index in [1.807, 2.05) is 13.0 Å². The molecule has 0 heterocycles. The first kappa shape index (κ1) is 20.9. The first-order chi connectivity index (χ1) is 9.97. The molecule has 126 valence electrons. The first-order valence-corrected chi connectivity index (χ1v) is 7.35. The summed E-state index contributed by atoms with van der Waals surface area (Å²) in [5, 5.41) is 6.54. The lowest BCUT2D eigenvalue weighted by molar-refractivity contribution is 0.386. The van der Waals surface area contributed by atoms with E-state index in [-0.39, 0.29) is 35.5 Å². The average Bonchev–Trinajstić information content (AvgIpc) is 2.45. The van der Waals surface area contributed by atoms with E-state index in [1.54, 1.807) is 6.07 Å². The van der Waals surface area contributed by atoms with Crippen LogP contribution in [-0.2, 0) is 6.54 Å². The molecular weight excluding hydrogens is 396 g/mol. The van der Waals surface area contributed by atoms with Crippen molar-refractivity contribution in [2.45, 2.75) is 40.3 Å². The number of hydrogen-bond donors (Lipinski definition) is 2. The molecule has 1 atom stereocenters. The Morgan fingerprint density at radius 2 is 2.00 bits per heavy atom. The molecule has 0 saturated carbocycles. The number of benzene rings is 1. The van der Waals surface area contributed by atoms with E-state index < -0.39 is 0 Å². The third-order valence-electron chi connectivity index (χ3n) is 3.34. The van der Waals surface area contributed by atoms with Gasteiger partial charge in [-0.25, -0.2) is 9.38 Å². The summed E-state index contributed by atoms with van der Waals surface area (Å²) >= 11 is 0. The second kappa shape index (κ2) is 10.6. The van der Waals surface area contributed by atoms with Crippen molar-refractivity contribution in [3.8, 4) is 5.75 Å². The van der Waals surface area contributed by atoms with Crippen LogP contribution in [0.25, 0.3) is 0 Å². The van der Waals surface area contributed by atoms with E-state index in [0.29, 0.717) is 18.5 Å². The van der Waals surface area contributed by atoms with Gasteiger partial charge in [0.05, 0.1) is 13.7 Å². The van der Waals surface area contributed by atoms with Crippen LogP contribution in [0.15, 0.2) is 23.2 Å². The van der Waals surface area contributed by atoms with Crippen molar-refractivity contribution < 1.29 is 9.13 Å². The molecule has 1 aromatic carbocycles. The third kappa shape index (κ3) is 6.81. The molecule has 0 fully saturated rings. The van der Waals surface area contributed by atoms with Crippen LogP contribution in [0.5, 0.6) is 5.75 Å². The highest BCUT2D eigenvalue weighted by atomic mass is 127. The summed E-state index contributed by atoms with van der Waals surface area (Å²) in [4.78, 5) is 4.49. The molecule has 22 heavy (non-hydrogen) atoms. The molecule has 0 spiro atoms. The van der Waals surface area contributed by atoms with Gasteiger partial charge in [0.1, 0.15) is 0 Å². The second-order valence-electron chi connectivity index (χ2n) is 5.34. The number of aliphatic imine (C=N–C) groups is 1. The monoisotopic (exact) mass is 423 g/mol. The summed E-state index contributed by atoms with van der Waals surface area (Å²) in [5.41, 5.74) is 0.808. The molecule has 4 nitrogen and oxygen atoms in total. The smallest absolute Gasteiger partial charge is 0.191 e. The van der Waals surface area contributed by atoms with Crippen molar-refractivity contribution in [2.75, 3.05) is 13.7 Å². The normalized spacial score (nSPS) is 12.6. The predicted molar refractivity (Wildman–Crippen MR) is 101 cm³/mol. The fourth-order valence-corrected chi connectivity index (χ4v) is 1.68. The number of hydrogen-bond acceptors (Lipinski definition) is 2. The Bertz CT molecular complexity index is 480. The van der Waals surface area contributed by atoms with Gasteiger partial charge in [-0.15, -0.1) is 24.0 Å². The number of methoxy groups -OCH3 is 1. The summed E-state index contributed by atoms with van der Waals surface area (Å²) in [5.74, 6) is 1.14. The molecule has 0 aromatic heterocycles. The number of rotatable bonds is 6. The maximum absolute atomic E-state index is 13.6. The molecule has 0 bridgehead atoms.